The Morgan fingerprint density at radius 2 is 1.96 bits per heavy atom. The second-order valence-corrected chi connectivity index (χ2v) is 7.20. The Bertz CT molecular complexity index is 933. The van der Waals surface area contributed by atoms with Gasteiger partial charge in [-0.15, -0.1) is 0 Å². The van der Waals surface area contributed by atoms with E-state index >= 15 is 0 Å². The van der Waals surface area contributed by atoms with Crippen molar-refractivity contribution in [3.8, 4) is 0 Å². The summed E-state index contributed by atoms with van der Waals surface area (Å²) in [5, 5.41) is 9.44. The van der Waals surface area contributed by atoms with Gasteiger partial charge in [-0.1, -0.05) is 33.6 Å². The third-order valence-corrected chi connectivity index (χ3v) is 4.88. The van der Waals surface area contributed by atoms with Crippen LogP contribution < -0.4 is 0 Å². The Hall–Kier alpha value is -2.25. The monoisotopic (exact) mass is 439 g/mol. The highest BCUT2D eigenvalue weighted by atomic mass is 79.9. The molecule has 3 rings (SSSR count). The van der Waals surface area contributed by atoms with Crippen molar-refractivity contribution in [2.75, 3.05) is 0 Å². The number of hydrogen-bond donors (Lipinski definition) is 1. The van der Waals surface area contributed by atoms with Crippen LogP contribution >= 0.6 is 27.5 Å². The zero-order valence-corrected chi connectivity index (χ0v) is 15.6. The number of imide groups is 1. The summed E-state index contributed by atoms with van der Waals surface area (Å²) >= 11 is 9.08. The van der Waals surface area contributed by atoms with E-state index in [1.807, 2.05) is 0 Å². The van der Waals surface area contributed by atoms with Crippen LogP contribution in [-0.2, 0) is 16.1 Å². The van der Waals surface area contributed by atoms with Gasteiger partial charge in [0.2, 0.25) is 5.91 Å². The summed E-state index contributed by atoms with van der Waals surface area (Å²) in [7, 11) is 0. The Labute approximate surface area is 161 Å². The number of rotatable bonds is 4. The highest BCUT2D eigenvalue weighted by molar-refractivity contribution is 9.10. The lowest BCUT2D eigenvalue weighted by atomic mass is 9.86. The lowest BCUT2D eigenvalue weighted by Gasteiger charge is -2.32. The van der Waals surface area contributed by atoms with Crippen molar-refractivity contribution in [1.29, 1.82) is 0 Å². The van der Waals surface area contributed by atoms with Crippen molar-refractivity contribution >= 4 is 45.3 Å². The van der Waals surface area contributed by atoms with Gasteiger partial charge in [0.15, 0.2) is 0 Å². The molecule has 0 saturated carbocycles. The molecular weight excluding hydrogens is 429 g/mol. The van der Waals surface area contributed by atoms with Gasteiger partial charge in [0.05, 0.1) is 18.9 Å². The van der Waals surface area contributed by atoms with Gasteiger partial charge < -0.3 is 5.11 Å². The molecule has 1 aliphatic rings. The van der Waals surface area contributed by atoms with Crippen LogP contribution in [0.5, 0.6) is 0 Å². The first-order valence-electron chi connectivity index (χ1n) is 7.59. The second kappa shape index (κ2) is 7.17. The summed E-state index contributed by atoms with van der Waals surface area (Å²) in [5.74, 6) is -4.10. The number of carbonyl (C=O) groups is 3. The number of benzene rings is 2. The van der Waals surface area contributed by atoms with Gasteiger partial charge in [-0.05, 0) is 35.9 Å². The van der Waals surface area contributed by atoms with Crippen molar-refractivity contribution < 1.29 is 23.9 Å². The van der Waals surface area contributed by atoms with E-state index < -0.39 is 35.9 Å². The normalized spacial score (nSPS) is 16.6. The zero-order valence-electron chi connectivity index (χ0n) is 13.2. The third-order valence-electron chi connectivity index (χ3n) is 4.15. The molecule has 0 fully saturated rings. The molecule has 2 aromatic carbocycles. The molecule has 26 heavy (non-hydrogen) atoms. The van der Waals surface area contributed by atoms with E-state index in [2.05, 4.69) is 15.9 Å². The Morgan fingerprint density at radius 3 is 2.62 bits per heavy atom. The fourth-order valence-electron chi connectivity index (χ4n) is 2.93. The van der Waals surface area contributed by atoms with Gasteiger partial charge in [-0.25, -0.2) is 4.39 Å². The lowest BCUT2D eigenvalue weighted by molar-refractivity contribution is -0.141. The van der Waals surface area contributed by atoms with Crippen molar-refractivity contribution in [3.63, 3.8) is 0 Å². The molecule has 0 saturated heterocycles. The van der Waals surface area contributed by atoms with Crippen molar-refractivity contribution in [2.24, 2.45) is 0 Å². The summed E-state index contributed by atoms with van der Waals surface area (Å²) in [6, 6.07) is 8.66. The predicted molar refractivity (Wildman–Crippen MR) is 95.4 cm³/mol. The van der Waals surface area contributed by atoms with Crippen LogP contribution in [0.1, 0.15) is 33.8 Å². The maximum atomic E-state index is 14.1. The van der Waals surface area contributed by atoms with Gasteiger partial charge in [0.25, 0.3) is 5.91 Å². The van der Waals surface area contributed by atoms with Crippen LogP contribution in [0.25, 0.3) is 0 Å². The van der Waals surface area contributed by atoms with Crippen LogP contribution in [0.4, 0.5) is 4.39 Å². The molecular formula is C18H12BrClFNO4. The number of amides is 2. The molecule has 0 aliphatic carbocycles. The van der Waals surface area contributed by atoms with Crippen LogP contribution in [0, 0.1) is 5.82 Å². The number of carboxylic acid groups (broad SMARTS) is 1. The minimum absolute atomic E-state index is 0.154. The first-order valence-corrected chi connectivity index (χ1v) is 8.76. The quantitative estimate of drug-likeness (QED) is 0.730. The van der Waals surface area contributed by atoms with Crippen LogP contribution in [0.2, 0.25) is 5.02 Å². The van der Waals surface area contributed by atoms with Gasteiger partial charge >= 0.3 is 5.97 Å². The maximum Gasteiger partial charge on any atom is 0.304 e. The topological polar surface area (TPSA) is 74.7 Å². The average molecular weight is 441 g/mol. The molecule has 0 aromatic heterocycles. The SMILES string of the molecule is O=C(O)CC1C(=O)N(Cc2ccc(Br)cc2F)C(=O)c2ccc(Cl)cc21. The molecule has 1 heterocycles. The largest absolute Gasteiger partial charge is 0.481 e. The lowest BCUT2D eigenvalue weighted by Crippen LogP contribution is -2.45. The molecule has 8 heteroatoms. The number of hydrogen-bond acceptors (Lipinski definition) is 3. The molecule has 0 radical (unpaired) electrons. The minimum atomic E-state index is -1.18. The molecule has 1 N–H and O–H groups in total. The van der Waals surface area contributed by atoms with Crippen molar-refractivity contribution in [2.45, 2.75) is 18.9 Å². The molecule has 134 valence electrons. The first kappa shape index (κ1) is 18.5. The van der Waals surface area contributed by atoms with E-state index in [9.17, 15) is 18.8 Å². The first-order chi connectivity index (χ1) is 12.3. The Kier molecular flexibility index (Phi) is 5.11. The van der Waals surface area contributed by atoms with E-state index in [-0.39, 0.29) is 23.2 Å². The molecule has 2 aromatic rings. The molecule has 0 bridgehead atoms. The van der Waals surface area contributed by atoms with Crippen molar-refractivity contribution in [3.05, 3.63) is 68.4 Å². The van der Waals surface area contributed by atoms with E-state index in [1.165, 1.54) is 30.3 Å². The van der Waals surface area contributed by atoms with Gasteiger partial charge in [-0.3, -0.25) is 19.3 Å². The number of carboxylic acids is 1. The fraction of sp³-hybridized carbons (Fsp3) is 0.167. The molecule has 1 unspecified atom stereocenters. The van der Waals surface area contributed by atoms with E-state index in [0.717, 1.165) is 4.90 Å². The third kappa shape index (κ3) is 3.50. The van der Waals surface area contributed by atoms with Crippen LogP contribution in [0.3, 0.4) is 0 Å². The smallest absolute Gasteiger partial charge is 0.304 e. The standard InChI is InChI=1S/C18H12BrClFNO4/c19-10-2-1-9(15(21)5-10)8-22-17(25)12-4-3-11(20)6-13(12)14(18(22)26)7-16(23)24/h1-6,14H,7-8H2,(H,23,24). The molecule has 1 atom stereocenters. The Balaban J connectivity index is 2.03. The summed E-state index contributed by atoms with van der Waals surface area (Å²) in [6.45, 7) is -0.283. The second-order valence-electron chi connectivity index (χ2n) is 5.85. The summed E-state index contributed by atoms with van der Waals surface area (Å²) in [5.41, 5.74) is 0.626. The van der Waals surface area contributed by atoms with E-state index in [1.54, 1.807) is 6.07 Å². The maximum absolute atomic E-state index is 14.1. The number of aliphatic carboxylic acids is 1. The van der Waals surface area contributed by atoms with Gasteiger partial charge in [0.1, 0.15) is 5.82 Å². The van der Waals surface area contributed by atoms with Crippen LogP contribution in [-0.4, -0.2) is 27.8 Å². The van der Waals surface area contributed by atoms with Crippen molar-refractivity contribution in [1.82, 2.24) is 4.90 Å². The molecule has 5 nitrogen and oxygen atoms in total. The number of carbonyl (C=O) groups excluding carboxylic acids is 2. The van der Waals surface area contributed by atoms with Crippen LogP contribution in [0.15, 0.2) is 40.9 Å². The minimum Gasteiger partial charge on any atom is -0.481 e. The molecule has 0 spiro atoms. The average Bonchev–Trinajstić information content (AvgIpc) is 2.57. The summed E-state index contributed by atoms with van der Waals surface area (Å²) in [6.07, 6.45) is -0.487. The fourth-order valence-corrected chi connectivity index (χ4v) is 3.44. The predicted octanol–water partition coefficient (Wildman–Crippen LogP) is 3.98. The number of fused-ring (bicyclic) bond motifs is 1. The number of halogens is 3. The number of nitrogens with zero attached hydrogens (tertiary/aromatic N) is 1. The summed E-state index contributed by atoms with van der Waals surface area (Å²) in [4.78, 5) is 37.6. The summed E-state index contributed by atoms with van der Waals surface area (Å²) < 4.78 is 14.7. The van der Waals surface area contributed by atoms with E-state index in [4.69, 9.17) is 16.7 Å². The molecule has 2 amide bonds. The zero-order chi connectivity index (χ0) is 19.0. The van der Waals surface area contributed by atoms with Gasteiger partial charge in [0, 0.05) is 20.6 Å². The van der Waals surface area contributed by atoms with Gasteiger partial charge in [-0.2, -0.15) is 0 Å². The van der Waals surface area contributed by atoms with E-state index in [0.29, 0.717) is 9.50 Å². The molecule has 1 aliphatic heterocycles. The Morgan fingerprint density at radius 1 is 1.23 bits per heavy atom. The highest BCUT2D eigenvalue weighted by Crippen LogP contribution is 2.34. The highest BCUT2D eigenvalue weighted by Gasteiger charge is 2.40.